The molecule has 11 heteroatoms. The van der Waals surface area contributed by atoms with E-state index in [2.05, 4.69) is 28.9 Å². The maximum atomic E-state index is 15.3. The van der Waals surface area contributed by atoms with Gasteiger partial charge in [-0.05, 0) is 85.8 Å². The Morgan fingerprint density at radius 3 is 2.48 bits per heavy atom. The van der Waals surface area contributed by atoms with Crippen molar-refractivity contribution in [2.75, 3.05) is 51.3 Å². The zero-order valence-electron chi connectivity index (χ0n) is 31.2. The van der Waals surface area contributed by atoms with Gasteiger partial charge in [0.05, 0.1) is 18.8 Å². The monoisotopic (exact) mass is 730 g/mol. The van der Waals surface area contributed by atoms with Gasteiger partial charge >= 0.3 is 0 Å². The quantitative estimate of drug-likeness (QED) is 0.231. The summed E-state index contributed by atoms with van der Waals surface area (Å²) in [6.45, 7) is 7.01. The number of phenols is 1. The van der Waals surface area contributed by atoms with Crippen molar-refractivity contribution in [3.63, 3.8) is 0 Å². The maximum Gasteiger partial charge on any atom is 0.264 e. The van der Waals surface area contributed by atoms with E-state index in [1.54, 1.807) is 41.4 Å². The predicted octanol–water partition coefficient (Wildman–Crippen LogP) is 6.24. The highest BCUT2D eigenvalue weighted by atomic mass is 19.1. The molecule has 1 unspecified atom stereocenters. The van der Waals surface area contributed by atoms with Crippen molar-refractivity contribution in [3.8, 4) is 17.0 Å². The molecule has 2 saturated heterocycles. The molecule has 8 rings (SSSR count). The number of fused-ring (bicyclic) bond motifs is 2. The van der Waals surface area contributed by atoms with Crippen LogP contribution in [-0.2, 0) is 31.2 Å². The number of hydrogen-bond acceptors (Lipinski definition) is 7. The number of nitrogens with zero attached hydrogens (tertiary/aromatic N) is 6. The summed E-state index contributed by atoms with van der Waals surface area (Å²) in [5.41, 5.74) is 6.39. The van der Waals surface area contributed by atoms with Gasteiger partial charge in [-0.3, -0.25) is 19.4 Å². The van der Waals surface area contributed by atoms with Crippen LogP contribution in [0.4, 0.5) is 10.1 Å². The van der Waals surface area contributed by atoms with Crippen LogP contribution in [0, 0.1) is 11.7 Å². The number of carbonyl (C=O) groups excluding carboxylic acids is 2. The fraction of sp³-hybridized carbons (Fsp3) is 0.372. The fourth-order valence-corrected chi connectivity index (χ4v) is 8.53. The lowest BCUT2D eigenvalue weighted by molar-refractivity contribution is 0.0382. The normalized spacial score (nSPS) is 19.9. The number of amidine groups is 1. The highest BCUT2D eigenvalue weighted by molar-refractivity contribution is 6.10. The topological polar surface area (TPSA) is 93.8 Å². The first-order valence-electron chi connectivity index (χ1n) is 18.9. The average Bonchev–Trinajstić information content (AvgIpc) is 3.72. The second-order valence-electron chi connectivity index (χ2n) is 15.0. The number of morpholine rings is 1. The molecule has 5 heterocycles. The molecule has 2 atom stereocenters. The van der Waals surface area contributed by atoms with Crippen LogP contribution in [0.2, 0.25) is 0 Å². The standard InChI is InChI=1S/C43H47FN6O4/c1-28-22-29-6-4-5-7-31(29)27-49(28)42(52)36-13-8-32(44)24-37(36)40-25-38(39(47(40)3)15-17-48-18-20-54-21-19-48)43(53)50(33-9-11-35(51)12-10-33)34-23-30-14-16-46(2)41(30)45-26-34/h4-13,24-26,28,30,51H,14-23,27H2,1-3H3/t28-,30?/m1/s1. The maximum absolute atomic E-state index is 15.3. The van der Waals surface area contributed by atoms with E-state index in [1.165, 1.54) is 17.7 Å². The number of likely N-dealkylation sites (tertiary alicyclic amines) is 1. The first kappa shape index (κ1) is 35.8. The number of aromatic nitrogens is 1. The third-order valence-electron chi connectivity index (χ3n) is 11.6. The van der Waals surface area contributed by atoms with Crippen molar-refractivity contribution in [1.82, 2.24) is 19.3 Å². The SMILES string of the molecule is C[C@@H]1Cc2ccccc2CN1C(=O)c1ccc(F)cc1-c1cc(C(=O)N(C2=CN=C3C(CCN3C)C2)c2ccc(O)cc2)c(CCN2CCOCC2)n1C. The Kier molecular flexibility index (Phi) is 9.85. The molecule has 10 nitrogen and oxygen atoms in total. The summed E-state index contributed by atoms with van der Waals surface area (Å²) in [7, 11) is 3.94. The van der Waals surface area contributed by atoms with Crippen LogP contribution in [-0.4, -0.2) is 94.5 Å². The molecule has 4 aliphatic rings. The first-order chi connectivity index (χ1) is 26.2. The molecule has 0 bridgehead atoms. The van der Waals surface area contributed by atoms with E-state index in [0.29, 0.717) is 67.2 Å². The van der Waals surface area contributed by atoms with Gasteiger partial charge in [-0.25, -0.2) is 9.38 Å². The van der Waals surface area contributed by atoms with E-state index in [4.69, 9.17) is 9.73 Å². The number of aliphatic imine (C=N–C) groups is 1. The van der Waals surface area contributed by atoms with Crippen LogP contribution < -0.4 is 4.90 Å². The van der Waals surface area contributed by atoms with Gasteiger partial charge in [-0.2, -0.15) is 0 Å². The van der Waals surface area contributed by atoms with Gasteiger partial charge < -0.3 is 24.2 Å². The van der Waals surface area contributed by atoms with Crippen molar-refractivity contribution in [3.05, 3.63) is 118 Å². The van der Waals surface area contributed by atoms with Gasteiger partial charge in [-0.15, -0.1) is 0 Å². The predicted molar refractivity (Wildman–Crippen MR) is 207 cm³/mol. The third-order valence-corrected chi connectivity index (χ3v) is 11.6. The number of benzene rings is 3. The van der Waals surface area contributed by atoms with E-state index < -0.39 is 5.82 Å². The lowest BCUT2D eigenvalue weighted by Gasteiger charge is -2.35. The van der Waals surface area contributed by atoms with Gasteiger partial charge in [0.25, 0.3) is 11.8 Å². The summed E-state index contributed by atoms with van der Waals surface area (Å²) in [5, 5.41) is 10.2. The van der Waals surface area contributed by atoms with E-state index in [1.807, 2.05) is 41.8 Å². The number of phenolic OH excluding ortho intramolecular Hbond substituents is 1. The highest BCUT2D eigenvalue weighted by Crippen LogP contribution is 2.37. The van der Waals surface area contributed by atoms with Crippen LogP contribution in [0.1, 0.15) is 57.3 Å². The molecule has 4 aromatic rings. The molecule has 2 fully saturated rings. The van der Waals surface area contributed by atoms with Crippen molar-refractivity contribution in [2.24, 2.45) is 18.0 Å². The van der Waals surface area contributed by atoms with Crippen molar-refractivity contribution in [2.45, 2.75) is 45.2 Å². The molecular weight excluding hydrogens is 684 g/mol. The van der Waals surface area contributed by atoms with Crippen LogP contribution in [0.3, 0.4) is 0 Å². The Bertz CT molecular complexity index is 2140. The Labute approximate surface area is 315 Å². The molecule has 0 radical (unpaired) electrons. The minimum atomic E-state index is -0.462. The summed E-state index contributed by atoms with van der Waals surface area (Å²) in [5.74, 6) is 0.435. The van der Waals surface area contributed by atoms with Crippen LogP contribution in [0.5, 0.6) is 5.75 Å². The highest BCUT2D eigenvalue weighted by Gasteiger charge is 2.36. The molecule has 4 aliphatic heterocycles. The minimum absolute atomic E-state index is 0.0506. The Balaban J connectivity index is 1.22. The average molecular weight is 731 g/mol. The lowest BCUT2D eigenvalue weighted by atomic mass is 9.93. The zero-order valence-corrected chi connectivity index (χ0v) is 31.2. The number of carbonyl (C=O) groups is 2. The number of anilines is 1. The van der Waals surface area contributed by atoms with Gasteiger partial charge in [0.15, 0.2) is 0 Å². The third kappa shape index (κ3) is 6.82. The van der Waals surface area contributed by atoms with Crippen LogP contribution >= 0.6 is 0 Å². The van der Waals surface area contributed by atoms with E-state index in [0.717, 1.165) is 55.3 Å². The smallest absolute Gasteiger partial charge is 0.264 e. The lowest BCUT2D eigenvalue weighted by Crippen LogP contribution is -2.42. The number of hydrogen-bond donors (Lipinski definition) is 1. The van der Waals surface area contributed by atoms with Gasteiger partial charge in [0.1, 0.15) is 17.4 Å². The van der Waals surface area contributed by atoms with Crippen molar-refractivity contribution < 1.29 is 23.8 Å². The molecule has 0 spiro atoms. The first-order valence-corrected chi connectivity index (χ1v) is 18.9. The number of aromatic hydroxyl groups is 1. The summed E-state index contributed by atoms with van der Waals surface area (Å²) < 4.78 is 22.8. The molecule has 0 saturated carbocycles. The second kappa shape index (κ2) is 14.9. The largest absolute Gasteiger partial charge is 0.508 e. The molecule has 0 aliphatic carbocycles. The van der Waals surface area contributed by atoms with Crippen molar-refractivity contribution in [1.29, 1.82) is 0 Å². The number of amides is 2. The van der Waals surface area contributed by atoms with Crippen LogP contribution in [0.25, 0.3) is 11.3 Å². The summed E-state index contributed by atoms with van der Waals surface area (Å²) in [6, 6.07) is 20.9. The molecule has 1 aromatic heterocycles. The van der Waals surface area contributed by atoms with Gasteiger partial charge in [0, 0.05) is 105 Å². The van der Waals surface area contributed by atoms with Crippen LogP contribution in [0.15, 0.2) is 89.7 Å². The van der Waals surface area contributed by atoms with E-state index >= 15 is 9.18 Å². The van der Waals surface area contributed by atoms with E-state index in [-0.39, 0.29) is 29.5 Å². The number of rotatable bonds is 8. The molecule has 1 N–H and O–H groups in total. The van der Waals surface area contributed by atoms with Crippen molar-refractivity contribution >= 4 is 23.3 Å². The summed E-state index contributed by atoms with van der Waals surface area (Å²) in [4.78, 5) is 42.6. The van der Waals surface area contributed by atoms with Gasteiger partial charge in [0.2, 0.25) is 0 Å². The second-order valence-corrected chi connectivity index (χ2v) is 15.0. The molecular formula is C43H47FN6O4. The summed E-state index contributed by atoms with van der Waals surface area (Å²) >= 11 is 0. The number of allylic oxidation sites excluding steroid dienone is 1. The van der Waals surface area contributed by atoms with E-state index in [9.17, 15) is 9.90 Å². The fourth-order valence-electron chi connectivity index (χ4n) is 8.53. The Morgan fingerprint density at radius 2 is 1.70 bits per heavy atom. The Hall–Kier alpha value is -5.26. The molecule has 280 valence electrons. The molecule has 3 aromatic carbocycles. The Morgan fingerprint density at radius 1 is 0.944 bits per heavy atom. The number of ether oxygens (including phenoxy) is 1. The molecule has 2 amide bonds. The summed E-state index contributed by atoms with van der Waals surface area (Å²) in [6.07, 6.45) is 4.66. The minimum Gasteiger partial charge on any atom is -0.508 e. The number of halogens is 1. The van der Waals surface area contributed by atoms with Gasteiger partial charge in [-0.1, -0.05) is 24.3 Å². The zero-order chi connectivity index (χ0) is 37.5. The molecule has 54 heavy (non-hydrogen) atoms.